The lowest BCUT2D eigenvalue weighted by molar-refractivity contribution is 0.313. The molecule has 1 fully saturated rings. The van der Waals surface area contributed by atoms with Crippen LogP contribution in [0.3, 0.4) is 0 Å². The van der Waals surface area contributed by atoms with Crippen molar-refractivity contribution in [1.29, 1.82) is 0 Å². The number of hydrogen-bond acceptors (Lipinski definition) is 3. The van der Waals surface area contributed by atoms with E-state index in [4.69, 9.17) is 11.6 Å². The minimum Gasteiger partial charge on any atom is -0.369 e. The smallest absolute Gasteiger partial charge is 0.141 e. The summed E-state index contributed by atoms with van der Waals surface area (Å²) in [4.78, 5) is 9.40. The van der Waals surface area contributed by atoms with E-state index in [-0.39, 0.29) is 5.02 Å². The zero-order valence-corrected chi connectivity index (χ0v) is 16.9. The molecule has 0 aliphatic carbocycles. The number of piperazine rings is 1. The number of halogens is 2. The fourth-order valence-electron chi connectivity index (χ4n) is 3.61. The maximum Gasteiger partial charge on any atom is 0.141 e. The topological polar surface area (TPSA) is 19.4 Å². The highest BCUT2D eigenvalue weighted by molar-refractivity contribution is 6.31. The first kappa shape index (κ1) is 18.9. The van der Waals surface area contributed by atoms with Crippen LogP contribution in [0.5, 0.6) is 0 Å². The third kappa shape index (κ3) is 3.89. The Morgan fingerprint density at radius 1 is 0.893 bits per heavy atom. The van der Waals surface area contributed by atoms with Gasteiger partial charge >= 0.3 is 0 Å². The Hall–Kier alpha value is -2.43. The fraction of sp³-hybridized carbons (Fsp3) is 0.261. The SMILES string of the molecule is Cc1cc(-c2ccc(N3CCN(C)CC3)cc2)cnc1-c1ccc(F)c(Cl)c1. The standard InChI is InChI=1S/C23H23ClFN3/c1-16-13-19(15-26-23(16)18-5-8-22(25)21(24)14-18)17-3-6-20(7-4-17)28-11-9-27(2)10-12-28/h3-8,13-15H,9-12H2,1-2H3. The van der Waals surface area contributed by atoms with E-state index in [9.17, 15) is 4.39 Å². The van der Waals surface area contributed by atoms with E-state index in [1.165, 1.54) is 11.8 Å². The molecule has 5 heteroatoms. The van der Waals surface area contributed by atoms with Gasteiger partial charge in [-0.2, -0.15) is 0 Å². The average Bonchev–Trinajstić information content (AvgIpc) is 2.71. The minimum atomic E-state index is -0.417. The molecule has 0 spiro atoms. The van der Waals surface area contributed by atoms with Crippen molar-refractivity contribution in [2.45, 2.75) is 6.92 Å². The normalized spacial score (nSPS) is 15.1. The van der Waals surface area contributed by atoms with Gasteiger partial charge in [-0.3, -0.25) is 4.98 Å². The van der Waals surface area contributed by atoms with Crippen LogP contribution in [-0.2, 0) is 0 Å². The second-order valence-corrected chi connectivity index (χ2v) is 7.76. The third-order valence-electron chi connectivity index (χ3n) is 5.34. The number of hydrogen-bond donors (Lipinski definition) is 0. The monoisotopic (exact) mass is 395 g/mol. The second kappa shape index (κ2) is 7.90. The van der Waals surface area contributed by atoms with Crippen LogP contribution in [0.2, 0.25) is 5.02 Å². The number of benzene rings is 2. The highest BCUT2D eigenvalue weighted by Crippen LogP contribution is 2.29. The largest absolute Gasteiger partial charge is 0.369 e. The molecule has 3 nitrogen and oxygen atoms in total. The molecule has 0 amide bonds. The third-order valence-corrected chi connectivity index (χ3v) is 5.63. The van der Waals surface area contributed by atoms with Crippen molar-refractivity contribution in [2.24, 2.45) is 0 Å². The molecular formula is C23H23ClFN3. The molecule has 0 N–H and O–H groups in total. The zero-order valence-electron chi connectivity index (χ0n) is 16.1. The Bertz CT molecular complexity index is 980. The Kier molecular flexibility index (Phi) is 5.33. The summed E-state index contributed by atoms with van der Waals surface area (Å²) in [7, 11) is 2.17. The fourth-order valence-corrected chi connectivity index (χ4v) is 3.79. The van der Waals surface area contributed by atoms with Crippen molar-refractivity contribution in [2.75, 3.05) is 38.1 Å². The lowest BCUT2D eigenvalue weighted by atomic mass is 10.0. The summed E-state index contributed by atoms with van der Waals surface area (Å²) >= 11 is 5.92. The predicted octanol–water partition coefficient (Wildman–Crippen LogP) is 5.27. The van der Waals surface area contributed by atoms with Crippen LogP contribution in [0, 0.1) is 12.7 Å². The molecular weight excluding hydrogens is 373 g/mol. The van der Waals surface area contributed by atoms with Gasteiger partial charge in [-0.05, 0) is 61.5 Å². The van der Waals surface area contributed by atoms with Crippen LogP contribution in [0.1, 0.15) is 5.56 Å². The Labute approximate surface area is 170 Å². The maximum atomic E-state index is 13.4. The molecule has 144 valence electrons. The van der Waals surface area contributed by atoms with Crippen LogP contribution >= 0.6 is 11.6 Å². The van der Waals surface area contributed by atoms with Gasteiger partial charge in [-0.1, -0.05) is 23.7 Å². The lowest BCUT2D eigenvalue weighted by Crippen LogP contribution is -2.44. The predicted molar refractivity (Wildman–Crippen MR) is 115 cm³/mol. The van der Waals surface area contributed by atoms with Crippen molar-refractivity contribution in [1.82, 2.24) is 9.88 Å². The Morgan fingerprint density at radius 2 is 1.57 bits per heavy atom. The molecule has 0 saturated carbocycles. The molecule has 3 aromatic rings. The first-order chi connectivity index (χ1) is 13.5. The van der Waals surface area contributed by atoms with E-state index >= 15 is 0 Å². The number of aryl methyl sites for hydroxylation is 1. The lowest BCUT2D eigenvalue weighted by Gasteiger charge is -2.34. The van der Waals surface area contributed by atoms with Crippen molar-refractivity contribution in [3.8, 4) is 22.4 Å². The quantitative estimate of drug-likeness (QED) is 0.602. The van der Waals surface area contributed by atoms with Crippen LogP contribution in [0.15, 0.2) is 54.7 Å². The van der Waals surface area contributed by atoms with Crippen LogP contribution in [0.4, 0.5) is 10.1 Å². The highest BCUT2D eigenvalue weighted by atomic mass is 35.5. The van der Waals surface area contributed by atoms with E-state index in [2.05, 4.69) is 52.2 Å². The van der Waals surface area contributed by atoms with Gasteiger partial charge in [0.2, 0.25) is 0 Å². The van der Waals surface area contributed by atoms with E-state index in [1.807, 2.05) is 13.1 Å². The number of aromatic nitrogens is 1. The van der Waals surface area contributed by atoms with Crippen LogP contribution in [-0.4, -0.2) is 43.1 Å². The maximum absolute atomic E-state index is 13.4. The van der Waals surface area contributed by atoms with Crippen molar-refractivity contribution in [3.05, 3.63) is 71.1 Å². The van der Waals surface area contributed by atoms with Crippen LogP contribution in [0.25, 0.3) is 22.4 Å². The number of nitrogens with zero attached hydrogens (tertiary/aromatic N) is 3. The number of rotatable bonds is 3. The molecule has 2 aromatic carbocycles. The first-order valence-corrected chi connectivity index (χ1v) is 9.85. The molecule has 4 rings (SSSR count). The molecule has 1 aliphatic rings. The Balaban J connectivity index is 1.56. The Morgan fingerprint density at radius 3 is 2.21 bits per heavy atom. The minimum absolute atomic E-state index is 0.113. The first-order valence-electron chi connectivity index (χ1n) is 9.47. The summed E-state index contributed by atoms with van der Waals surface area (Å²) in [5.41, 5.74) is 6.14. The molecule has 0 radical (unpaired) electrons. The number of pyridine rings is 1. The summed E-state index contributed by atoms with van der Waals surface area (Å²) in [5, 5.41) is 0.113. The number of anilines is 1. The summed E-state index contributed by atoms with van der Waals surface area (Å²) in [6, 6.07) is 15.5. The van der Waals surface area contributed by atoms with Gasteiger partial charge in [0.05, 0.1) is 10.7 Å². The van der Waals surface area contributed by atoms with Gasteiger partial charge in [0.25, 0.3) is 0 Å². The molecule has 1 saturated heterocycles. The number of likely N-dealkylation sites (N-methyl/N-ethyl adjacent to an activating group) is 1. The molecule has 0 atom stereocenters. The van der Waals surface area contributed by atoms with E-state index in [0.717, 1.165) is 54.1 Å². The second-order valence-electron chi connectivity index (χ2n) is 7.36. The summed E-state index contributed by atoms with van der Waals surface area (Å²) in [6.45, 7) is 6.33. The molecule has 0 unspecified atom stereocenters. The van der Waals surface area contributed by atoms with Gasteiger partial charge in [-0.15, -0.1) is 0 Å². The summed E-state index contributed by atoms with van der Waals surface area (Å²) in [5.74, 6) is -0.417. The summed E-state index contributed by atoms with van der Waals surface area (Å²) < 4.78 is 13.4. The van der Waals surface area contributed by atoms with Crippen LogP contribution < -0.4 is 4.90 Å². The van der Waals surface area contributed by atoms with E-state index in [0.29, 0.717) is 0 Å². The van der Waals surface area contributed by atoms with Gasteiger partial charge in [0.1, 0.15) is 5.82 Å². The highest BCUT2D eigenvalue weighted by Gasteiger charge is 2.14. The van der Waals surface area contributed by atoms with Crippen molar-refractivity contribution >= 4 is 17.3 Å². The van der Waals surface area contributed by atoms with E-state index in [1.54, 1.807) is 12.1 Å². The molecule has 0 bridgehead atoms. The molecule has 1 aliphatic heterocycles. The van der Waals surface area contributed by atoms with E-state index < -0.39 is 5.82 Å². The average molecular weight is 396 g/mol. The molecule has 2 heterocycles. The van der Waals surface area contributed by atoms with Gasteiger partial charge in [0, 0.05) is 49.2 Å². The van der Waals surface area contributed by atoms with Gasteiger partial charge < -0.3 is 9.80 Å². The zero-order chi connectivity index (χ0) is 19.7. The van der Waals surface area contributed by atoms with Crippen molar-refractivity contribution in [3.63, 3.8) is 0 Å². The van der Waals surface area contributed by atoms with Crippen molar-refractivity contribution < 1.29 is 4.39 Å². The molecule has 1 aromatic heterocycles. The van der Waals surface area contributed by atoms with Gasteiger partial charge in [0.15, 0.2) is 0 Å². The molecule has 28 heavy (non-hydrogen) atoms. The summed E-state index contributed by atoms with van der Waals surface area (Å²) in [6.07, 6.45) is 1.87. The van der Waals surface area contributed by atoms with Gasteiger partial charge in [-0.25, -0.2) is 4.39 Å².